The summed E-state index contributed by atoms with van der Waals surface area (Å²) in [7, 11) is 0. The second-order valence-corrected chi connectivity index (χ2v) is 8.27. The molecule has 37 heavy (non-hydrogen) atoms. The fourth-order valence-electron chi connectivity index (χ4n) is 3.96. The lowest BCUT2D eigenvalue weighted by Crippen LogP contribution is -2.44. The summed E-state index contributed by atoms with van der Waals surface area (Å²) in [6.45, 7) is 5.07. The summed E-state index contributed by atoms with van der Waals surface area (Å²) < 4.78 is 30.7. The first-order valence-corrected chi connectivity index (χ1v) is 12.2. The first kappa shape index (κ1) is 25.8. The van der Waals surface area contributed by atoms with E-state index in [1.54, 1.807) is 36.4 Å². The van der Waals surface area contributed by atoms with E-state index in [-0.39, 0.29) is 18.2 Å². The number of ether oxygens (including phenoxy) is 3. The maximum atomic E-state index is 13.6. The highest BCUT2D eigenvalue weighted by molar-refractivity contribution is 6.12. The van der Waals surface area contributed by atoms with Gasteiger partial charge in [0.25, 0.3) is 5.91 Å². The van der Waals surface area contributed by atoms with Crippen LogP contribution in [-0.2, 0) is 16.0 Å². The summed E-state index contributed by atoms with van der Waals surface area (Å²) in [6.07, 6.45) is 2.05. The van der Waals surface area contributed by atoms with E-state index < -0.39 is 11.7 Å². The molecule has 0 aliphatic carbocycles. The molecule has 0 radical (unpaired) electrons. The van der Waals surface area contributed by atoms with Gasteiger partial charge in [0, 0.05) is 6.54 Å². The van der Waals surface area contributed by atoms with Crippen molar-refractivity contribution in [1.82, 2.24) is 5.32 Å². The van der Waals surface area contributed by atoms with Gasteiger partial charge in [-0.25, -0.2) is 4.39 Å². The first-order chi connectivity index (χ1) is 18.0. The minimum atomic E-state index is -0.481. The third-order valence-electron chi connectivity index (χ3n) is 5.62. The van der Waals surface area contributed by atoms with Gasteiger partial charge in [0.1, 0.15) is 12.4 Å². The van der Waals surface area contributed by atoms with Crippen LogP contribution in [0.2, 0.25) is 0 Å². The van der Waals surface area contributed by atoms with E-state index in [2.05, 4.69) is 5.32 Å². The highest BCUT2D eigenvalue weighted by Gasteiger charge is 2.31. The summed E-state index contributed by atoms with van der Waals surface area (Å²) in [5, 5.41) is 2.88. The number of carbonyl (C=O) groups is 2. The van der Waals surface area contributed by atoms with Crippen LogP contribution < -0.4 is 24.4 Å². The largest absolute Gasteiger partial charge is 0.490 e. The van der Waals surface area contributed by atoms with Gasteiger partial charge in [-0.3, -0.25) is 14.5 Å². The van der Waals surface area contributed by atoms with Gasteiger partial charge >= 0.3 is 0 Å². The van der Waals surface area contributed by atoms with Crippen LogP contribution in [0.15, 0.2) is 72.5 Å². The molecule has 0 aromatic heterocycles. The van der Waals surface area contributed by atoms with Crippen LogP contribution in [0.3, 0.4) is 0 Å². The van der Waals surface area contributed by atoms with Gasteiger partial charge in [0.05, 0.1) is 18.9 Å². The molecule has 192 valence electrons. The number of carbonyl (C=O) groups excluding carboxylic acids is 2. The van der Waals surface area contributed by atoms with E-state index in [4.69, 9.17) is 14.2 Å². The molecule has 0 atom stereocenters. The van der Waals surface area contributed by atoms with Crippen molar-refractivity contribution in [1.29, 1.82) is 0 Å². The highest BCUT2D eigenvalue weighted by atomic mass is 19.1. The first-order valence-electron chi connectivity index (χ1n) is 12.2. The minimum absolute atomic E-state index is 0.00921. The van der Waals surface area contributed by atoms with Gasteiger partial charge in [0.15, 0.2) is 23.0 Å². The monoisotopic (exact) mass is 504 g/mol. The lowest BCUT2D eigenvalue weighted by atomic mass is 10.1. The molecule has 1 aliphatic rings. The maximum absolute atomic E-state index is 13.6. The Labute approximate surface area is 215 Å². The van der Waals surface area contributed by atoms with Crippen molar-refractivity contribution >= 4 is 23.6 Å². The number of halogens is 1. The Balaban J connectivity index is 1.43. The number of para-hydroxylation sites is 2. The Kier molecular flexibility index (Phi) is 8.40. The molecular formula is C29H29FN2O5. The average molecular weight is 505 g/mol. The van der Waals surface area contributed by atoms with Crippen LogP contribution >= 0.6 is 0 Å². The Morgan fingerprint density at radius 1 is 1.00 bits per heavy atom. The number of benzene rings is 3. The topological polar surface area (TPSA) is 77.1 Å². The number of hydrogen-bond acceptors (Lipinski definition) is 5. The summed E-state index contributed by atoms with van der Waals surface area (Å²) in [5.74, 6) is 0.586. The molecule has 0 spiro atoms. The lowest BCUT2D eigenvalue weighted by molar-refractivity contribution is -0.123. The van der Waals surface area contributed by atoms with Crippen molar-refractivity contribution in [3.63, 3.8) is 0 Å². The molecule has 0 unspecified atom stereocenters. The molecule has 1 aliphatic heterocycles. The second-order valence-electron chi connectivity index (χ2n) is 8.27. The smallest absolute Gasteiger partial charge is 0.294 e. The molecule has 3 aromatic carbocycles. The zero-order valence-electron chi connectivity index (χ0n) is 20.8. The number of anilines is 1. The Morgan fingerprint density at radius 2 is 1.78 bits per heavy atom. The number of nitrogens with zero attached hydrogens (tertiary/aromatic N) is 1. The summed E-state index contributed by atoms with van der Waals surface area (Å²) >= 11 is 0. The molecule has 0 saturated carbocycles. The Morgan fingerprint density at radius 3 is 2.57 bits per heavy atom. The van der Waals surface area contributed by atoms with Gasteiger partial charge in [-0.05, 0) is 73.9 Å². The van der Waals surface area contributed by atoms with E-state index in [0.29, 0.717) is 54.7 Å². The second kappa shape index (κ2) is 12.1. The fourth-order valence-corrected chi connectivity index (χ4v) is 3.96. The zero-order valence-corrected chi connectivity index (χ0v) is 20.8. The van der Waals surface area contributed by atoms with Crippen LogP contribution in [-0.4, -0.2) is 38.1 Å². The van der Waals surface area contributed by atoms with Crippen molar-refractivity contribution in [2.75, 3.05) is 31.2 Å². The van der Waals surface area contributed by atoms with E-state index in [0.717, 1.165) is 5.56 Å². The molecule has 0 saturated heterocycles. The highest BCUT2D eigenvalue weighted by Crippen LogP contribution is 2.35. The van der Waals surface area contributed by atoms with Gasteiger partial charge in [-0.1, -0.05) is 30.3 Å². The third kappa shape index (κ3) is 6.46. The minimum Gasteiger partial charge on any atom is -0.490 e. The number of hydrogen-bond donors (Lipinski definition) is 1. The van der Waals surface area contributed by atoms with E-state index in [9.17, 15) is 14.0 Å². The lowest BCUT2D eigenvalue weighted by Gasteiger charge is -2.30. The van der Waals surface area contributed by atoms with Gasteiger partial charge < -0.3 is 19.5 Å². The SMILES string of the molecule is CCOc1ccc(CCNC(=O)CN2C(=O)C(=Cc3cccc(F)c3)Oc3ccccc32)cc1OCC. The predicted molar refractivity (Wildman–Crippen MR) is 139 cm³/mol. The molecule has 0 bridgehead atoms. The molecule has 3 aromatic rings. The van der Waals surface area contributed by atoms with Crippen molar-refractivity contribution in [3.8, 4) is 17.2 Å². The van der Waals surface area contributed by atoms with Crippen LogP contribution in [0.4, 0.5) is 10.1 Å². The molecule has 0 fully saturated rings. The van der Waals surface area contributed by atoms with Crippen molar-refractivity contribution in [2.24, 2.45) is 0 Å². The fraction of sp³-hybridized carbons (Fsp3) is 0.241. The molecule has 4 rings (SSSR count). The van der Waals surface area contributed by atoms with Crippen LogP contribution in [0, 0.1) is 5.82 Å². The van der Waals surface area contributed by atoms with Crippen molar-refractivity contribution in [3.05, 3.63) is 89.4 Å². The Hall–Kier alpha value is -4.33. The quantitative estimate of drug-likeness (QED) is 0.404. The summed E-state index contributed by atoms with van der Waals surface area (Å²) in [5.41, 5.74) is 1.96. The number of nitrogens with one attached hydrogen (secondary N) is 1. The van der Waals surface area contributed by atoms with Gasteiger partial charge in [-0.15, -0.1) is 0 Å². The molecule has 7 nitrogen and oxygen atoms in total. The number of rotatable bonds is 10. The molecular weight excluding hydrogens is 475 g/mol. The van der Waals surface area contributed by atoms with Gasteiger partial charge in [-0.2, -0.15) is 0 Å². The van der Waals surface area contributed by atoms with E-state index in [1.165, 1.54) is 23.1 Å². The van der Waals surface area contributed by atoms with Crippen molar-refractivity contribution in [2.45, 2.75) is 20.3 Å². The third-order valence-corrected chi connectivity index (χ3v) is 5.62. The number of amides is 2. The molecule has 1 N–H and O–H groups in total. The maximum Gasteiger partial charge on any atom is 0.294 e. The Bertz CT molecular complexity index is 1310. The molecule has 1 heterocycles. The average Bonchev–Trinajstić information content (AvgIpc) is 2.88. The van der Waals surface area contributed by atoms with Crippen LogP contribution in [0.25, 0.3) is 6.08 Å². The van der Waals surface area contributed by atoms with Crippen molar-refractivity contribution < 1.29 is 28.2 Å². The van der Waals surface area contributed by atoms with Gasteiger partial charge in [0.2, 0.25) is 5.91 Å². The molecule has 2 amide bonds. The van der Waals surface area contributed by atoms with Crippen LogP contribution in [0.1, 0.15) is 25.0 Å². The number of fused-ring (bicyclic) bond motifs is 1. The predicted octanol–water partition coefficient (Wildman–Crippen LogP) is 4.75. The van der Waals surface area contributed by atoms with E-state index in [1.807, 2.05) is 32.0 Å². The standard InChI is InChI=1S/C29H29FN2O5/c1-3-35-25-13-12-20(17-26(25)36-4-2)14-15-31-28(33)19-32-23-10-5-6-11-24(23)37-27(29(32)34)18-21-8-7-9-22(30)16-21/h5-13,16-18H,3-4,14-15,19H2,1-2H3,(H,31,33). The summed E-state index contributed by atoms with van der Waals surface area (Å²) in [4.78, 5) is 27.4. The molecule has 8 heteroatoms. The summed E-state index contributed by atoms with van der Waals surface area (Å²) in [6, 6.07) is 18.5. The zero-order chi connectivity index (χ0) is 26.2. The van der Waals surface area contributed by atoms with Crippen LogP contribution in [0.5, 0.6) is 17.2 Å². The normalized spacial score (nSPS) is 13.6. The van der Waals surface area contributed by atoms with E-state index >= 15 is 0 Å².